The van der Waals surface area contributed by atoms with Crippen molar-refractivity contribution in [3.05, 3.63) is 35.9 Å². The van der Waals surface area contributed by atoms with Crippen LogP contribution in [0.5, 0.6) is 0 Å². The van der Waals surface area contributed by atoms with Gasteiger partial charge in [-0.3, -0.25) is 9.59 Å². The fourth-order valence-corrected chi connectivity index (χ4v) is 1.64. The van der Waals surface area contributed by atoms with E-state index in [9.17, 15) is 9.59 Å². The lowest BCUT2D eigenvalue weighted by atomic mass is 10.1. The Morgan fingerprint density at radius 2 is 1.95 bits per heavy atom. The first kappa shape index (κ1) is 16.8. The van der Waals surface area contributed by atoms with Gasteiger partial charge in [0.2, 0.25) is 11.8 Å². The summed E-state index contributed by atoms with van der Waals surface area (Å²) in [6.07, 6.45) is 3.04. The van der Waals surface area contributed by atoms with Gasteiger partial charge in [0.15, 0.2) is 0 Å². The number of nitrogens with one attached hydrogen (secondary N) is 2. The zero-order valence-corrected chi connectivity index (χ0v) is 12.9. The standard InChI is InChI=1S/C16H23N3O2/c1-11(15(21)19-16(2,3)4)18-14(20)9-8-12-6-5-7-13(17)10-12/h5-11H,17H2,1-4H3,(H,18,20)(H,19,21)/b9-8+. The minimum absolute atomic E-state index is 0.215. The average Bonchev–Trinajstić information content (AvgIpc) is 2.34. The molecule has 0 heterocycles. The maximum atomic E-state index is 11.8. The minimum Gasteiger partial charge on any atom is -0.399 e. The van der Waals surface area contributed by atoms with Crippen molar-refractivity contribution in [3.8, 4) is 0 Å². The van der Waals surface area contributed by atoms with Crippen molar-refractivity contribution in [1.82, 2.24) is 10.6 Å². The molecule has 2 amide bonds. The van der Waals surface area contributed by atoms with Crippen LogP contribution in [0, 0.1) is 0 Å². The van der Waals surface area contributed by atoms with Gasteiger partial charge in [-0.15, -0.1) is 0 Å². The second-order valence-corrected chi connectivity index (χ2v) is 5.97. The predicted molar refractivity (Wildman–Crippen MR) is 85.4 cm³/mol. The average molecular weight is 289 g/mol. The number of rotatable bonds is 4. The van der Waals surface area contributed by atoms with E-state index in [0.29, 0.717) is 5.69 Å². The molecule has 1 atom stereocenters. The summed E-state index contributed by atoms with van der Waals surface area (Å²) >= 11 is 0. The molecule has 0 radical (unpaired) electrons. The molecule has 0 bridgehead atoms. The van der Waals surface area contributed by atoms with Crippen LogP contribution in [0.1, 0.15) is 33.3 Å². The Morgan fingerprint density at radius 3 is 2.52 bits per heavy atom. The SMILES string of the molecule is CC(NC(=O)/C=C/c1cccc(N)c1)C(=O)NC(C)(C)C. The molecule has 4 N–H and O–H groups in total. The van der Waals surface area contributed by atoms with Crippen LogP contribution in [-0.2, 0) is 9.59 Å². The molecule has 5 nitrogen and oxygen atoms in total. The van der Waals surface area contributed by atoms with Gasteiger partial charge in [-0.2, -0.15) is 0 Å². The molecule has 0 fully saturated rings. The fraction of sp³-hybridized carbons (Fsp3) is 0.375. The molecule has 0 saturated heterocycles. The minimum atomic E-state index is -0.595. The lowest BCUT2D eigenvalue weighted by molar-refractivity contribution is -0.127. The van der Waals surface area contributed by atoms with Gasteiger partial charge in [-0.1, -0.05) is 12.1 Å². The predicted octanol–water partition coefficient (Wildman–Crippen LogP) is 1.70. The highest BCUT2D eigenvalue weighted by atomic mass is 16.2. The van der Waals surface area contributed by atoms with Crippen molar-refractivity contribution in [2.45, 2.75) is 39.3 Å². The highest BCUT2D eigenvalue weighted by Crippen LogP contribution is 2.08. The van der Waals surface area contributed by atoms with E-state index in [-0.39, 0.29) is 17.4 Å². The van der Waals surface area contributed by atoms with Crippen molar-refractivity contribution in [3.63, 3.8) is 0 Å². The van der Waals surface area contributed by atoms with E-state index < -0.39 is 6.04 Å². The van der Waals surface area contributed by atoms with Crippen LogP contribution in [-0.4, -0.2) is 23.4 Å². The topological polar surface area (TPSA) is 84.2 Å². The number of amides is 2. The van der Waals surface area contributed by atoms with Crippen LogP contribution in [0.2, 0.25) is 0 Å². The lowest BCUT2D eigenvalue weighted by Crippen LogP contribution is -2.50. The molecule has 0 aliphatic carbocycles. The van der Waals surface area contributed by atoms with E-state index in [2.05, 4.69) is 10.6 Å². The number of carbonyl (C=O) groups is 2. The van der Waals surface area contributed by atoms with Crippen LogP contribution in [0.4, 0.5) is 5.69 Å². The Morgan fingerprint density at radius 1 is 1.29 bits per heavy atom. The third kappa shape index (κ3) is 6.61. The zero-order valence-electron chi connectivity index (χ0n) is 12.9. The summed E-state index contributed by atoms with van der Waals surface area (Å²) < 4.78 is 0. The summed E-state index contributed by atoms with van der Waals surface area (Å²) in [7, 11) is 0. The van der Waals surface area contributed by atoms with Gasteiger partial charge in [-0.05, 0) is 51.5 Å². The molecule has 1 unspecified atom stereocenters. The van der Waals surface area contributed by atoms with Gasteiger partial charge in [0.1, 0.15) is 6.04 Å². The monoisotopic (exact) mass is 289 g/mol. The van der Waals surface area contributed by atoms with Crippen molar-refractivity contribution >= 4 is 23.6 Å². The molecule has 114 valence electrons. The quantitative estimate of drug-likeness (QED) is 0.582. The Bertz CT molecular complexity index is 545. The molecule has 21 heavy (non-hydrogen) atoms. The lowest BCUT2D eigenvalue weighted by Gasteiger charge is -2.23. The van der Waals surface area contributed by atoms with E-state index >= 15 is 0 Å². The number of nitrogens with two attached hydrogens (primary N) is 1. The van der Waals surface area contributed by atoms with Crippen molar-refractivity contribution < 1.29 is 9.59 Å². The Balaban J connectivity index is 2.55. The molecular weight excluding hydrogens is 266 g/mol. The van der Waals surface area contributed by atoms with Gasteiger partial charge in [0, 0.05) is 17.3 Å². The van der Waals surface area contributed by atoms with E-state index in [0.717, 1.165) is 5.56 Å². The Labute approximate surface area is 125 Å². The van der Waals surface area contributed by atoms with Crippen LogP contribution in [0.3, 0.4) is 0 Å². The number of anilines is 1. The summed E-state index contributed by atoms with van der Waals surface area (Å²) in [5.41, 5.74) is 6.80. The first-order valence-electron chi connectivity index (χ1n) is 6.83. The first-order chi connectivity index (χ1) is 9.67. The maximum absolute atomic E-state index is 11.8. The molecule has 5 heteroatoms. The van der Waals surface area contributed by atoms with Gasteiger partial charge in [-0.25, -0.2) is 0 Å². The number of benzene rings is 1. The number of hydrogen-bond acceptors (Lipinski definition) is 3. The second-order valence-electron chi connectivity index (χ2n) is 5.97. The normalized spacial score (nSPS) is 13.0. The number of nitrogen functional groups attached to an aromatic ring is 1. The summed E-state index contributed by atoms with van der Waals surface area (Å²) in [4.78, 5) is 23.6. The summed E-state index contributed by atoms with van der Waals surface area (Å²) in [6.45, 7) is 7.31. The molecule has 0 aliphatic rings. The van der Waals surface area contributed by atoms with Crippen LogP contribution >= 0.6 is 0 Å². The van der Waals surface area contributed by atoms with E-state index in [1.54, 1.807) is 25.1 Å². The van der Waals surface area contributed by atoms with Crippen LogP contribution < -0.4 is 16.4 Å². The molecule has 0 saturated carbocycles. The Hall–Kier alpha value is -2.30. The maximum Gasteiger partial charge on any atom is 0.244 e. The van der Waals surface area contributed by atoms with Crippen LogP contribution in [0.25, 0.3) is 6.08 Å². The van der Waals surface area contributed by atoms with Crippen molar-refractivity contribution in [1.29, 1.82) is 0 Å². The fourth-order valence-electron chi connectivity index (χ4n) is 1.64. The number of hydrogen-bond donors (Lipinski definition) is 3. The molecule has 1 aromatic rings. The molecular formula is C16H23N3O2. The third-order valence-electron chi connectivity index (χ3n) is 2.59. The smallest absolute Gasteiger partial charge is 0.244 e. The second kappa shape index (κ2) is 6.92. The molecule has 0 aliphatic heterocycles. The molecule has 0 spiro atoms. The summed E-state index contributed by atoms with van der Waals surface area (Å²) in [5, 5.41) is 5.43. The molecule has 0 aromatic heterocycles. The Kier molecular flexibility index (Phi) is 5.52. The van der Waals surface area contributed by atoms with E-state index in [1.807, 2.05) is 32.9 Å². The van der Waals surface area contributed by atoms with Gasteiger partial charge in [0.05, 0.1) is 0 Å². The highest BCUT2D eigenvalue weighted by Gasteiger charge is 2.19. The molecule has 1 rings (SSSR count). The number of carbonyl (C=O) groups excluding carboxylic acids is 2. The summed E-state index contributed by atoms with van der Waals surface area (Å²) in [5.74, 6) is -0.540. The third-order valence-corrected chi connectivity index (χ3v) is 2.59. The van der Waals surface area contributed by atoms with Gasteiger partial charge >= 0.3 is 0 Å². The van der Waals surface area contributed by atoms with Crippen LogP contribution in [0.15, 0.2) is 30.3 Å². The van der Waals surface area contributed by atoms with E-state index in [1.165, 1.54) is 6.08 Å². The first-order valence-corrected chi connectivity index (χ1v) is 6.83. The van der Waals surface area contributed by atoms with Gasteiger partial charge in [0.25, 0.3) is 0 Å². The van der Waals surface area contributed by atoms with E-state index in [4.69, 9.17) is 5.73 Å². The zero-order chi connectivity index (χ0) is 16.0. The van der Waals surface area contributed by atoms with Crippen molar-refractivity contribution in [2.75, 3.05) is 5.73 Å². The largest absolute Gasteiger partial charge is 0.399 e. The highest BCUT2D eigenvalue weighted by molar-refractivity contribution is 5.95. The molecule has 1 aromatic carbocycles. The van der Waals surface area contributed by atoms with Gasteiger partial charge < -0.3 is 16.4 Å². The van der Waals surface area contributed by atoms with Crippen molar-refractivity contribution in [2.24, 2.45) is 0 Å². The summed E-state index contributed by atoms with van der Waals surface area (Å²) in [6, 6.07) is 6.60.